The normalized spacial score (nSPS) is 18.0. The van der Waals surface area contributed by atoms with Crippen molar-refractivity contribution in [2.24, 2.45) is 0 Å². The number of halogens is 1. The lowest BCUT2D eigenvalue weighted by Crippen LogP contribution is -2.45. The Morgan fingerprint density at radius 1 is 1.57 bits per heavy atom. The fourth-order valence-electron chi connectivity index (χ4n) is 2.19. The maximum Gasteiger partial charge on any atom is 0.249 e. The minimum atomic E-state index is -0.265. The van der Waals surface area contributed by atoms with Gasteiger partial charge in [0.1, 0.15) is 18.5 Å². The highest BCUT2D eigenvalue weighted by molar-refractivity contribution is 5.85. The van der Waals surface area contributed by atoms with Gasteiger partial charge in [-0.3, -0.25) is 4.79 Å². The lowest BCUT2D eigenvalue weighted by Gasteiger charge is -2.34. The molecule has 0 spiro atoms. The fraction of sp³-hybridized carbons (Fsp3) is 0.615. The van der Waals surface area contributed by atoms with E-state index in [4.69, 9.17) is 9.47 Å². The molecule has 21 heavy (non-hydrogen) atoms. The van der Waals surface area contributed by atoms with E-state index in [1.165, 1.54) is 7.11 Å². The number of amides is 1. The van der Waals surface area contributed by atoms with Crippen molar-refractivity contribution in [1.29, 1.82) is 0 Å². The van der Waals surface area contributed by atoms with Gasteiger partial charge in [0.05, 0.1) is 13.2 Å². The van der Waals surface area contributed by atoms with Crippen LogP contribution < -0.4 is 5.32 Å². The SMILES string of the molecule is CNc1cc(C)nc(C2COCCN2C(=O)COC)n1.Cl. The predicted molar refractivity (Wildman–Crippen MR) is 80.7 cm³/mol. The zero-order chi connectivity index (χ0) is 14.5. The van der Waals surface area contributed by atoms with Crippen molar-refractivity contribution < 1.29 is 14.3 Å². The highest BCUT2D eigenvalue weighted by Crippen LogP contribution is 2.23. The van der Waals surface area contributed by atoms with Gasteiger partial charge >= 0.3 is 0 Å². The standard InChI is InChI=1S/C13H20N4O3.ClH/c1-9-6-11(14-2)16-13(15-9)10-7-20-5-4-17(10)12(18)8-19-3;/h6,10H,4-5,7-8H2,1-3H3,(H,14,15,16);1H. The van der Waals surface area contributed by atoms with Crippen LogP contribution in [-0.2, 0) is 14.3 Å². The van der Waals surface area contributed by atoms with E-state index < -0.39 is 0 Å². The number of carbonyl (C=O) groups excluding carboxylic acids is 1. The average molecular weight is 317 g/mol. The van der Waals surface area contributed by atoms with Crippen LogP contribution in [0.2, 0.25) is 0 Å². The van der Waals surface area contributed by atoms with Crippen LogP contribution in [0.15, 0.2) is 6.07 Å². The van der Waals surface area contributed by atoms with Crippen LogP contribution in [0.5, 0.6) is 0 Å². The topological polar surface area (TPSA) is 76.6 Å². The first-order valence-electron chi connectivity index (χ1n) is 6.55. The Morgan fingerprint density at radius 2 is 2.33 bits per heavy atom. The Hall–Kier alpha value is -1.44. The largest absolute Gasteiger partial charge is 0.377 e. The number of ether oxygens (including phenoxy) is 2. The van der Waals surface area contributed by atoms with E-state index in [1.54, 1.807) is 11.9 Å². The number of methoxy groups -OCH3 is 1. The summed E-state index contributed by atoms with van der Waals surface area (Å²) in [4.78, 5) is 22.7. The van der Waals surface area contributed by atoms with Gasteiger partial charge in [0.15, 0.2) is 5.82 Å². The molecule has 1 atom stereocenters. The van der Waals surface area contributed by atoms with Gasteiger partial charge in [-0.15, -0.1) is 12.4 Å². The van der Waals surface area contributed by atoms with Gasteiger partial charge in [-0.05, 0) is 6.92 Å². The predicted octanol–water partition coefficient (Wildman–Crippen LogP) is 0.795. The summed E-state index contributed by atoms with van der Waals surface area (Å²) >= 11 is 0. The van der Waals surface area contributed by atoms with Crippen LogP contribution in [0.25, 0.3) is 0 Å². The number of hydrogen-bond donors (Lipinski definition) is 1. The number of nitrogens with one attached hydrogen (secondary N) is 1. The van der Waals surface area contributed by atoms with Crippen LogP contribution in [0, 0.1) is 6.92 Å². The van der Waals surface area contributed by atoms with Gasteiger partial charge < -0.3 is 19.7 Å². The first-order valence-corrected chi connectivity index (χ1v) is 6.55. The second-order valence-corrected chi connectivity index (χ2v) is 4.61. The molecule has 1 aromatic rings. The van der Waals surface area contributed by atoms with Crippen molar-refractivity contribution in [2.75, 3.05) is 45.8 Å². The van der Waals surface area contributed by atoms with E-state index in [0.29, 0.717) is 25.6 Å². The minimum absolute atomic E-state index is 0. The molecular weight excluding hydrogens is 296 g/mol. The Labute approximate surface area is 130 Å². The Balaban J connectivity index is 0.00000220. The Kier molecular flexibility index (Phi) is 6.80. The molecule has 2 heterocycles. The van der Waals surface area contributed by atoms with Crippen molar-refractivity contribution in [3.05, 3.63) is 17.6 Å². The first kappa shape index (κ1) is 17.6. The lowest BCUT2D eigenvalue weighted by molar-refractivity contribution is -0.144. The lowest BCUT2D eigenvalue weighted by atomic mass is 10.2. The molecule has 1 amide bonds. The molecule has 0 saturated carbocycles. The number of nitrogens with zero attached hydrogens (tertiary/aromatic N) is 3. The van der Waals surface area contributed by atoms with Crippen molar-refractivity contribution >= 4 is 24.1 Å². The van der Waals surface area contributed by atoms with Crippen molar-refractivity contribution in [3.8, 4) is 0 Å². The highest BCUT2D eigenvalue weighted by Gasteiger charge is 2.30. The molecule has 1 aromatic heterocycles. The second-order valence-electron chi connectivity index (χ2n) is 4.61. The van der Waals surface area contributed by atoms with Gasteiger partial charge in [0.25, 0.3) is 0 Å². The number of anilines is 1. The number of aryl methyl sites for hydroxylation is 1. The van der Waals surface area contributed by atoms with Gasteiger partial charge in [-0.1, -0.05) is 0 Å². The molecule has 1 N–H and O–H groups in total. The monoisotopic (exact) mass is 316 g/mol. The summed E-state index contributed by atoms with van der Waals surface area (Å²) in [5.74, 6) is 1.26. The summed E-state index contributed by atoms with van der Waals surface area (Å²) < 4.78 is 10.4. The number of rotatable bonds is 4. The molecule has 0 aliphatic carbocycles. The molecule has 1 aliphatic rings. The first-order chi connectivity index (χ1) is 9.65. The van der Waals surface area contributed by atoms with E-state index >= 15 is 0 Å². The van der Waals surface area contributed by atoms with Crippen LogP contribution in [0.1, 0.15) is 17.6 Å². The molecule has 8 heteroatoms. The summed E-state index contributed by atoms with van der Waals surface area (Å²) in [6.45, 7) is 3.41. The van der Waals surface area contributed by atoms with Crippen molar-refractivity contribution in [3.63, 3.8) is 0 Å². The minimum Gasteiger partial charge on any atom is -0.377 e. The number of carbonyl (C=O) groups is 1. The Morgan fingerprint density at radius 3 is 3.00 bits per heavy atom. The van der Waals surface area contributed by atoms with Gasteiger partial charge in [0, 0.05) is 32.5 Å². The van der Waals surface area contributed by atoms with Gasteiger partial charge in [-0.25, -0.2) is 9.97 Å². The van der Waals surface area contributed by atoms with E-state index in [0.717, 1.165) is 11.5 Å². The summed E-state index contributed by atoms with van der Waals surface area (Å²) in [7, 11) is 3.31. The third-order valence-electron chi connectivity index (χ3n) is 3.14. The summed E-state index contributed by atoms with van der Waals surface area (Å²) in [5, 5.41) is 3.00. The zero-order valence-electron chi connectivity index (χ0n) is 12.5. The van der Waals surface area contributed by atoms with Gasteiger partial charge in [-0.2, -0.15) is 0 Å². The summed E-state index contributed by atoms with van der Waals surface area (Å²) in [6, 6.07) is 1.59. The molecule has 0 bridgehead atoms. The van der Waals surface area contributed by atoms with Crippen LogP contribution in [0.4, 0.5) is 5.82 Å². The zero-order valence-corrected chi connectivity index (χ0v) is 13.3. The summed E-state index contributed by atoms with van der Waals surface area (Å²) in [6.07, 6.45) is 0. The third-order valence-corrected chi connectivity index (χ3v) is 3.14. The van der Waals surface area contributed by atoms with E-state index in [2.05, 4.69) is 15.3 Å². The van der Waals surface area contributed by atoms with Crippen molar-refractivity contribution in [2.45, 2.75) is 13.0 Å². The fourth-order valence-corrected chi connectivity index (χ4v) is 2.19. The maximum atomic E-state index is 12.1. The number of morpholine rings is 1. The Bertz CT molecular complexity index is 486. The van der Waals surface area contributed by atoms with Crippen LogP contribution in [0.3, 0.4) is 0 Å². The highest BCUT2D eigenvalue weighted by atomic mass is 35.5. The maximum absolute atomic E-state index is 12.1. The quantitative estimate of drug-likeness (QED) is 0.885. The van der Waals surface area contributed by atoms with Crippen LogP contribution >= 0.6 is 12.4 Å². The summed E-state index contributed by atoms with van der Waals surface area (Å²) in [5.41, 5.74) is 0.851. The molecule has 118 valence electrons. The average Bonchev–Trinajstić information content (AvgIpc) is 2.46. The number of aromatic nitrogens is 2. The van der Waals surface area contributed by atoms with E-state index in [9.17, 15) is 4.79 Å². The smallest absolute Gasteiger partial charge is 0.249 e. The molecular formula is C13H21ClN4O3. The molecule has 1 unspecified atom stereocenters. The third kappa shape index (κ3) is 4.26. The second kappa shape index (κ2) is 8.11. The molecule has 0 radical (unpaired) electrons. The van der Waals surface area contributed by atoms with E-state index in [-0.39, 0.29) is 31.0 Å². The van der Waals surface area contributed by atoms with Crippen molar-refractivity contribution in [1.82, 2.24) is 14.9 Å². The molecule has 0 aromatic carbocycles. The molecule has 2 rings (SSSR count). The van der Waals surface area contributed by atoms with Crippen LogP contribution in [-0.4, -0.2) is 61.3 Å². The van der Waals surface area contributed by atoms with Gasteiger partial charge in [0.2, 0.25) is 5.91 Å². The molecule has 1 saturated heterocycles. The molecule has 1 aliphatic heterocycles. The molecule has 1 fully saturated rings. The molecule has 7 nitrogen and oxygen atoms in total. The number of hydrogen-bond acceptors (Lipinski definition) is 6. The van der Waals surface area contributed by atoms with E-state index in [1.807, 2.05) is 13.0 Å².